The van der Waals surface area contributed by atoms with Crippen LogP contribution in [0.3, 0.4) is 0 Å². The van der Waals surface area contributed by atoms with Gasteiger partial charge < -0.3 is 9.84 Å². The highest BCUT2D eigenvalue weighted by atomic mass is 32.2. The van der Waals surface area contributed by atoms with E-state index in [9.17, 15) is 13.5 Å². The van der Waals surface area contributed by atoms with Crippen molar-refractivity contribution >= 4 is 10.0 Å². The van der Waals surface area contributed by atoms with Gasteiger partial charge in [-0.2, -0.15) is 0 Å². The molecule has 0 bridgehead atoms. The Hall–Kier alpha value is -0.170. The minimum Gasteiger partial charge on any atom is -0.390 e. The first-order valence-electron chi connectivity index (χ1n) is 7.08. The number of ether oxygens (including phenoxy) is 1. The molecule has 3 unspecified atom stereocenters. The van der Waals surface area contributed by atoms with Crippen LogP contribution in [0, 0.1) is 5.92 Å². The van der Waals surface area contributed by atoms with Gasteiger partial charge >= 0.3 is 0 Å². The molecule has 2 saturated heterocycles. The maximum atomic E-state index is 11.6. The third-order valence-corrected chi connectivity index (χ3v) is 5.73. The molecule has 0 aliphatic carbocycles. The lowest BCUT2D eigenvalue weighted by Gasteiger charge is -2.36. The molecular formula is C13H25NO4S. The number of sulfonamides is 1. The Morgan fingerprint density at radius 3 is 2.79 bits per heavy atom. The Bertz CT molecular complexity index is 403. The Morgan fingerprint density at radius 1 is 1.47 bits per heavy atom. The van der Waals surface area contributed by atoms with Gasteiger partial charge in [0.15, 0.2) is 0 Å². The molecule has 3 atom stereocenters. The highest BCUT2D eigenvalue weighted by Gasteiger charge is 2.39. The molecule has 1 N–H and O–H groups in total. The van der Waals surface area contributed by atoms with Gasteiger partial charge in [-0.05, 0) is 44.9 Å². The summed E-state index contributed by atoms with van der Waals surface area (Å²) in [7, 11) is -3.11. The van der Waals surface area contributed by atoms with Crippen LogP contribution in [-0.2, 0) is 14.8 Å². The van der Waals surface area contributed by atoms with Gasteiger partial charge in [0.2, 0.25) is 10.0 Å². The molecule has 0 radical (unpaired) electrons. The van der Waals surface area contributed by atoms with Crippen molar-refractivity contribution in [3.05, 3.63) is 0 Å². The van der Waals surface area contributed by atoms with E-state index in [1.165, 1.54) is 10.6 Å². The molecule has 0 amide bonds. The molecule has 5 nitrogen and oxygen atoms in total. The zero-order valence-electron chi connectivity index (χ0n) is 11.8. The van der Waals surface area contributed by atoms with Crippen molar-refractivity contribution in [3.8, 4) is 0 Å². The molecule has 2 aliphatic heterocycles. The monoisotopic (exact) mass is 291 g/mol. The fourth-order valence-corrected chi connectivity index (χ4v) is 4.09. The first-order chi connectivity index (χ1) is 8.81. The lowest BCUT2D eigenvalue weighted by molar-refractivity contribution is -0.0874. The number of rotatable bonds is 4. The fourth-order valence-electron chi connectivity index (χ4n) is 3.15. The third kappa shape index (κ3) is 3.68. The number of hydrogen-bond donors (Lipinski definition) is 1. The molecule has 0 aromatic heterocycles. The summed E-state index contributed by atoms with van der Waals surface area (Å²) in [5.74, 6) is 0.236. The molecule has 19 heavy (non-hydrogen) atoms. The summed E-state index contributed by atoms with van der Waals surface area (Å²) in [5, 5.41) is 10.4. The van der Waals surface area contributed by atoms with E-state index in [0.717, 1.165) is 25.7 Å². The summed E-state index contributed by atoms with van der Waals surface area (Å²) in [6.07, 6.45) is 5.13. The summed E-state index contributed by atoms with van der Waals surface area (Å²) in [5.41, 5.74) is -0.437. The zero-order valence-corrected chi connectivity index (χ0v) is 12.7. The van der Waals surface area contributed by atoms with Crippen molar-refractivity contribution in [3.63, 3.8) is 0 Å². The van der Waals surface area contributed by atoms with E-state index in [1.807, 2.05) is 6.92 Å². The van der Waals surface area contributed by atoms with Crippen LogP contribution < -0.4 is 0 Å². The van der Waals surface area contributed by atoms with Gasteiger partial charge in [0.05, 0.1) is 18.0 Å². The maximum Gasteiger partial charge on any atom is 0.211 e. The second-order valence-electron chi connectivity index (χ2n) is 6.15. The lowest BCUT2D eigenvalue weighted by atomic mass is 9.85. The van der Waals surface area contributed by atoms with Gasteiger partial charge in [0, 0.05) is 19.7 Å². The molecule has 2 fully saturated rings. The second kappa shape index (κ2) is 5.68. The maximum absolute atomic E-state index is 11.6. The number of aliphatic hydroxyl groups excluding tert-OH is 1. The number of piperidine rings is 1. The van der Waals surface area contributed by atoms with Gasteiger partial charge in [0.25, 0.3) is 0 Å². The van der Waals surface area contributed by atoms with Crippen molar-refractivity contribution in [2.75, 3.05) is 26.0 Å². The third-order valence-electron chi connectivity index (χ3n) is 4.46. The normalized spacial score (nSPS) is 35.4. The van der Waals surface area contributed by atoms with E-state index in [0.29, 0.717) is 26.1 Å². The predicted molar refractivity (Wildman–Crippen MR) is 73.4 cm³/mol. The summed E-state index contributed by atoms with van der Waals surface area (Å²) in [4.78, 5) is 0. The standard InChI is InChI=1S/C13H25NO4S/c1-13(6-4-8-18-13)12(15)9-11-5-3-7-14(10-11)19(2,16)17/h11-12,15H,3-10H2,1-2H3. The largest absolute Gasteiger partial charge is 0.390 e. The van der Waals surface area contributed by atoms with E-state index in [2.05, 4.69) is 0 Å². The fraction of sp³-hybridized carbons (Fsp3) is 1.00. The number of nitrogens with zero attached hydrogens (tertiary/aromatic N) is 1. The summed E-state index contributed by atoms with van der Waals surface area (Å²) in [6, 6.07) is 0. The van der Waals surface area contributed by atoms with Crippen LogP contribution in [0.2, 0.25) is 0 Å². The zero-order chi connectivity index (χ0) is 14.1. The van der Waals surface area contributed by atoms with Crippen molar-refractivity contribution in [1.82, 2.24) is 4.31 Å². The Morgan fingerprint density at radius 2 is 2.21 bits per heavy atom. The van der Waals surface area contributed by atoms with Gasteiger partial charge in [-0.15, -0.1) is 0 Å². The van der Waals surface area contributed by atoms with Gasteiger partial charge in [-0.25, -0.2) is 12.7 Å². The lowest BCUT2D eigenvalue weighted by Crippen LogP contribution is -2.44. The summed E-state index contributed by atoms with van der Waals surface area (Å²) >= 11 is 0. The summed E-state index contributed by atoms with van der Waals surface area (Å²) in [6.45, 7) is 3.82. The van der Waals surface area contributed by atoms with Crippen molar-refractivity contribution < 1.29 is 18.3 Å². The molecule has 6 heteroatoms. The van der Waals surface area contributed by atoms with E-state index in [4.69, 9.17) is 4.74 Å². The van der Waals surface area contributed by atoms with Crippen LogP contribution in [0.1, 0.15) is 39.0 Å². The highest BCUT2D eigenvalue weighted by molar-refractivity contribution is 7.88. The van der Waals surface area contributed by atoms with Gasteiger partial charge in [-0.3, -0.25) is 0 Å². The minimum atomic E-state index is -3.11. The highest BCUT2D eigenvalue weighted by Crippen LogP contribution is 2.33. The second-order valence-corrected chi connectivity index (χ2v) is 8.13. The molecule has 0 saturated carbocycles. The Kier molecular flexibility index (Phi) is 4.55. The SMILES string of the molecule is CC1(C(O)CC2CCCN(S(C)(=O)=O)C2)CCCO1. The molecule has 112 valence electrons. The first-order valence-corrected chi connectivity index (χ1v) is 8.93. The average molecular weight is 291 g/mol. The Balaban J connectivity index is 1.92. The first kappa shape index (κ1) is 15.2. The van der Waals surface area contributed by atoms with Crippen LogP contribution in [-0.4, -0.2) is 55.5 Å². The molecule has 0 spiro atoms. The van der Waals surface area contributed by atoms with E-state index >= 15 is 0 Å². The topological polar surface area (TPSA) is 66.8 Å². The quantitative estimate of drug-likeness (QED) is 0.838. The van der Waals surface area contributed by atoms with Crippen LogP contribution in [0.4, 0.5) is 0 Å². The smallest absolute Gasteiger partial charge is 0.211 e. The molecule has 2 aliphatic rings. The number of hydrogen-bond acceptors (Lipinski definition) is 4. The van der Waals surface area contributed by atoms with Crippen LogP contribution in [0.25, 0.3) is 0 Å². The molecule has 0 aromatic carbocycles. The predicted octanol–water partition coefficient (Wildman–Crippen LogP) is 0.978. The number of aliphatic hydroxyl groups is 1. The van der Waals surface area contributed by atoms with E-state index in [-0.39, 0.29) is 5.92 Å². The molecule has 0 aromatic rings. The van der Waals surface area contributed by atoms with Crippen LogP contribution in [0.15, 0.2) is 0 Å². The van der Waals surface area contributed by atoms with Crippen molar-refractivity contribution in [2.45, 2.75) is 50.7 Å². The molecule has 2 heterocycles. The van der Waals surface area contributed by atoms with Crippen molar-refractivity contribution in [2.24, 2.45) is 5.92 Å². The minimum absolute atomic E-state index is 0.236. The average Bonchev–Trinajstić information content (AvgIpc) is 2.77. The van der Waals surface area contributed by atoms with Crippen LogP contribution in [0.5, 0.6) is 0 Å². The molecular weight excluding hydrogens is 266 g/mol. The summed E-state index contributed by atoms with van der Waals surface area (Å²) < 4.78 is 30.3. The van der Waals surface area contributed by atoms with Crippen molar-refractivity contribution in [1.29, 1.82) is 0 Å². The van der Waals surface area contributed by atoms with Gasteiger partial charge in [-0.1, -0.05) is 0 Å². The van der Waals surface area contributed by atoms with Gasteiger partial charge in [0.1, 0.15) is 0 Å². The van der Waals surface area contributed by atoms with E-state index < -0.39 is 21.7 Å². The van der Waals surface area contributed by atoms with Crippen LogP contribution >= 0.6 is 0 Å². The van der Waals surface area contributed by atoms with E-state index in [1.54, 1.807) is 0 Å². The Labute approximate surface area is 116 Å². The molecule has 2 rings (SSSR count).